The van der Waals surface area contributed by atoms with E-state index in [2.05, 4.69) is 26.1 Å². The Morgan fingerprint density at radius 3 is 2.41 bits per heavy atom. The summed E-state index contributed by atoms with van der Waals surface area (Å²) < 4.78 is 7.01. The topological polar surface area (TPSA) is 76.5 Å². The van der Waals surface area contributed by atoms with Crippen molar-refractivity contribution in [1.29, 1.82) is 0 Å². The largest absolute Gasteiger partial charge is 0.496 e. The Morgan fingerprint density at radius 1 is 1.09 bits per heavy atom. The molecule has 1 N–H and O–H groups in total. The first kappa shape index (κ1) is 23.1. The lowest BCUT2D eigenvalue weighted by Crippen LogP contribution is -2.35. The third-order valence-electron chi connectivity index (χ3n) is 5.15. The molecule has 3 aromatic rings. The lowest BCUT2D eigenvalue weighted by molar-refractivity contribution is -0.116. The summed E-state index contributed by atoms with van der Waals surface area (Å²) in [5.41, 5.74) is 3.00. The number of aromatic nitrogens is 2. The van der Waals surface area contributed by atoms with Gasteiger partial charge in [-0.15, -0.1) is 0 Å². The molecule has 0 radical (unpaired) electrons. The molecule has 0 unspecified atom stereocenters. The van der Waals surface area contributed by atoms with E-state index >= 15 is 0 Å². The molecular formula is C25H30N4O3. The highest BCUT2D eigenvalue weighted by Gasteiger charge is 2.23. The van der Waals surface area contributed by atoms with Crippen LogP contribution in [0.2, 0.25) is 0 Å². The molecule has 0 bridgehead atoms. The van der Waals surface area contributed by atoms with Gasteiger partial charge in [-0.2, -0.15) is 5.10 Å². The molecule has 3 rings (SSSR count). The second kappa shape index (κ2) is 9.26. The zero-order chi connectivity index (χ0) is 23.5. The van der Waals surface area contributed by atoms with Gasteiger partial charge in [-0.3, -0.25) is 9.59 Å². The van der Waals surface area contributed by atoms with Crippen LogP contribution >= 0.6 is 0 Å². The Bertz CT molecular complexity index is 1130. The van der Waals surface area contributed by atoms with Crippen molar-refractivity contribution < 1.29 is 14.3 Å². The minimum atomic E-state index is -0.314. The summed E-state index contributed by atoms with van der Waals surface area (Å²) in [6.45, 7) is 8.11. The number of aryl methyl sites for hydroxylation is 1. The van der Waals surface area contributed by atoms with Gasteiger partial charge >= 0.3 is 0 Å². The fraction of sp³-hybridized carbons (Fsp3) is 0.320. The van der Waals surface area contributed by atoms with Crippen LogP contribution in [-0.4, -0.2) is 47.2 Å². The third kappa shape index (κ3) is 4.99. The molecule has 32 heavy (non-hydrogen) atoms. The normalized spacial score (nSPS) is 11.2. The van der Waals surface area contributed by atoms with Crippen LogP contribution in [-0.2, 0) is 10.2 Å². The van der Waals surface area contributed by atoms with Gasteiger partial charge in [0.2, 0.25) is 5.91 Å². The van der Waals surface area contributed by atoms with Crippen molar-refractivity contribution in [3.63, 3.8) is 0 Å². The quantitative estimate of drug-likeness (QED) is 0.631. The lowest BCUT2D eigenvalue weighted by Gasteiger charge is -2.18. The molecular weight excluding hydrogens is 404 g/mol. The van der Waals surface area contributed by atoms with E-state index in [-0.39, 0.29) is 23.8 Å². The number of carbonyl (C=O) groups excluding carboxylic acids is 2. The number of para-hydroxylation sites is 2. The highest BCUT2D eigenvalue weighted by atomic mass is 16.5. The maximum Gasteiger partial charge on any atom is 0.257 e. The van der Waals surface area contributed by atoms with Crippen molar-refractivity contribution in [3.8, 4) is 11.4 Å². The molecule has 168 valence electrons. The van der Waals surface area contributed by atoms with Gasteiger partial charge < -0.3 is 15.0 Å². The number of rotatable bonds is 6. The number of benzene rings is 2. The average Bonchev–Trinajstić information content (AvgIpc) is 3.17. The van der Waals surface area contributed by atoms with Gasteiger partial charge in [0.25, 0.3) is 5.91 Å². The van der Waals surface area contributed by atoms with Gasteiger partial charge in [-0.25, -0.2) is 4.68 Å². The molecule has 1 heterocycles. The standard InChI is InChI=1S/C25H30N4O3/c1-17-11-7-9-13-19(17)29-22(15-21(27-29)25(2,3)4)26-23(30)16-28(5)24(31)18-12-8-10-14-20(18)32-6/h7-15H,16H2,1-6H3,(H,26,30). The Hall–Kier alpha value is -3.61. The molecule has 0 saturated heterocycles. The van der Waals surface area contributed by atoms with E-state index in [0.717, 1.165) is 16.9 Å². The van der Waals surface area contributed by atoms with E-state index in [1.807, 2.05) is 37.3 Å². The lowest BCUT2D eigenvalue weighted by atomic mass is 9.92. The van der Waals surface area contributed by atoms with Gasteiger partial charge in [0.15, 0.2) is 0 Å². The first-order valence-electron chi connectivity index (χ1n) is 10.5. The molecule has 0 aliphatic heterocycles. The third-order valence-corrected chi connectivity index (χ3v) is 5.15. The number of anilines is 1. The zero-order valence-electron chi connectivity index (χ0n) is 19.5. The van der Waals surface area contributed by atoms with E-state index in [0.29, 0.717) is 17.1 Å². The van der Waals surface area contributed by atoms with Gasteiger partial charge in [-0.05, 0) is 30.7 Å². The monoisotopic (exact) mass is 434 g/mol. The second-order valence-electron chi connectivity index (χ2n) is 8.77. The molecule has 2 amide bonds. The number of hydrogen-bond acceptors (Lipinski definition) is 4. The smallest absolute Gasteiger partial charge is 0.257 e. The second-order valence-corrected chi connectivity index (χ2v) is 8.77. The van der Waals surface area contributed by atoms with Crippen LogP contribution in [0.5, 0.6) is 5.75 Å². The highest BCUT2D eigenvalue weighted by molar-refractivity contribution is 6.00. The van der Waals surface area contributed by atoms with Crippen LogP contribution in [0.4, 0.5) is 5.82 Å². The van der Waals surface area contributed by atoms with Crippen molar-refractivity contribution in [2.75, 3.05) is 26.0 Å². The number of carbonyl (C=O) groups is 2. The van der Waals surface area contributed by atoms with E-state index in [1.54, 1.807) is 36.0 Å². The minimum Gasteiger partial charge on any atom is -0.496 e. The summed E-state index contributed by atoms with van der Waals surface area (Å²) in [5, 5.41) is 7.69. The van der Waals surface area contributed by atoms with Crippen LogP contribution in [0.1, 0.15) is 42.4 Å². The number of nitrogens with zero attached hydrogens (tertiary/aromatic N) is 3. The fourth-order valence-corrected chi connectivity index (χ4v) is 3.32. The number of amides is 2. The Kier molecular flexibility index (Phi) is 6.67. The average molecular weight is 435 g/mol. The van der Waals surface area contributed by atoms with Gasteiger partial charge in [0.05, 0.1) is 30.6 Å². The predicted molar refractivity (Wildman–Crippen MR) is 126 cm³/mol. The molecule has 1 aromatic heterocycles. The summed E-state index contributed by atoms with van der Waals surface area (Å²) >= 11 is 0. The molecule has 2 aromatic carbocycles. The maximum atomic E-state index is 12.9. The molecule has 7 nitrogen and oxygen atoms in total. The van der Waals surface area contributed by atoms with Crippen molar-refractivity contribution in [3.05, 3.63) is 71.4 Å². The first-order valence-corrected chi connectivity index (χ1v) is 10.5. The van der Waals surface area contributed by atoms with Crippen molar-refractivity contribution in [1.82, 2.24) is 14.7 Å². The van der Waals surface area contributed by atoms with E-state index in [9.17, 15) is 9.59 Å². The summed E-state index contributed by atoms with van der Waals surface area (Å²) in [6.07, 6.45) is 0. The number of likely N-dealkylation sites (N-methyl/N-ethyl adjacent to an activating group) is 1. The van der Waals surface area contributed by atoms with Gasteiger partial charge in [0, 0.05) is 18.5 Å². The zero-order valence-corrected chi connectivity index (χ0v) is 19.5. The molecule has 0 aliphatic carbocycles. The van der Waals surface area contributed by atoms with E-state index in [4.69, 9.17) is 9.84 Å². The summed E-state index contributed by atoms with van der Waals surface area (Å²) in [7, 11) is 3.10. The van der Waals surface area contributed by atoms with Crippen molar-refractivity contribution >= 4 is 17.6 Å². The SMILES string of the molecule is COc1ccccc1C(=O)N(C)CC(=O)Nc1cc(C(C)(C)C)nn1-c1ccccc1C. The van der Waals surface area contributed by atoms with Gasteiger partial charge in [-0.1, -0.05) is 51.1 Å². The Morgan fingerprint density at radius 2 is 1.75 bits per heavy atom. The number of nitrogens with one attached hydrogen (secondary N) is 1. The van der Waals surface area contributed by atoms with Crippen LogP contribution < -0.4 is 10.1 Å². The fourth-order valence-electron chi connectivity index (χ4n) is 3.32. The summed E-state index contributed by atoms with van der Waals surface area (Å²) in [5.74, 6) is 0.427. The summed E-state index contributed by atoms with van der Waals surface area (Å²) in [6, 6.07) is 16.7. The van der Waals surface area contributed by atoms with E-state index in [1.165, 1.54) is 12.0 Å². The van der Waals surface area contributed by atoms with Crippen molar-refractivity contribution in [2.45, 2.75) is 33.1 Å². The summed E-state index contributed by atoms with van der Waals surface area (Å²) in [4.78, 5) is 27.1. The molecule has 0 fully saturated rings. The van der Waals surface area contributed by atoms with Crippen molar-refractivity contribution in [2.24, 2.45) is 0 Å². The molecule has 0 atom stereocenters. The highest BCUT2D eigenvalue weighted by Crippen LogP contribution is 2.27. The minimum absolute atomic E-state index is 0.110. The Balaban J connectivity index is 1.83. The van der Waals surface area contributed by atoms with Crippen LogP contribution in [0.15, 0.2) is 54.6 Å². The Labute approximate surface area is 189 Å². The molecule has 0 spiro atoms. The van der Waals surface area contributed by atoms with Crippen LogP contribution in [0.25, 0.3) is 5.69 Å². The molecule has 7 heteroatoms. The first-order chi connectivity index (χ1) is 15.1. The maximum absolute atomic E-state index is 12.9. The predicted octanol–water partition coefficient (Wildman–Crippen LogP) is 4.20. The van der Waals surface area contributed by atoms with Crippen LogP contribution in [0, 0.1) is 6.92 Å². The van der Waals surface area contributed by atoms with Crippen LogP contribution in [0.3, 0.4) is 0 Å². The molecule has 0 saturated carbocycles. The number of ether oxygens (including phenoxy) is 1. The van der Waals surface area contributed by atoms with E-state index < -0.39 is 0 Å². The number of hydrogen-bond donors (Lipinski definition) is 1. The molecule has 0 aliphatic rings. The number of methoxy groups -OCH3 is 1. The van der Waals surface area contributed by atoms with Gasteiger partial charge in [0.1, 0.15) is 11.6 Å².